The number of hydrogen-bond donors (Lipinski definition) is 1. The molecule has 1 aliphatic heterocycles. The third-order valence-electron chi connectivity index (χ3n) is 3.49. The molecule has 0 radical (unpaired) electrons. The predicted octanol–water partition coefficient (Wildman–Crippen LogP) is 0.336. The molecule has 1 unspecified atom stereocenters. The van der Waals surface area contributed by atoms with Gasteiger partial charge in [-0.1, -0.05) is 20.8 Å². The van der Waals surface area contributed by atoms with Crippen LogP contribution in [0.3, 0.4) is 0 Å². The number of carbonyl (C=O) groups excluding carboxylic acids is 2. The lowest BCUT2D eigenvalue weighted by Gasteiger charge is -2.38. The highest BCUT2D eigenvalue weighted by molar-refractivity contribution is 5.95. The smallest absolute Gasteiger partial charge is 0.246 e. The summed E-state index contributed by atoms with van der Waals surface area (Å²) in [6.45, 7) is 6.57. The van der Waals surface area contributed by atoms with Crippen molar-refractivity contribution in [1.82, 2.24) is 20.0 Å². The van der Waals surface area contributed by atoms with Crippen molar-refractivity contribution in [2.45, 2.75) is 33.2 Å². The Morgan fingerprint density at radius 1 is 1.40 bits per heavy atom. The molecule has 6 nitrogen and oxygen atoms in total. The summed E-state index contributed by atoms with van der Waals surface area (Å²) in [6, 6.07) is -0.447. The van der Waals surface area contributed by atoms with E-state index in [4.69, 9.17) is 0 Å². The minimum Gasteiger partial charge on any atom is -0.342 e. The molecule has 1 atom stereocenters. The molecule has 0 aliphatic carbocycles. The summed E-state index contributed by atoms with van der Waals surface area (Å²) in [5, 5.41) is 6.89. The summed E-state index contributed by atoms with van der Waals surface area (Å²) < 4.78 is 1.73. The Labute approximate surface area is 119 Å². The Bertz CT molecular complexity index is 515. The molecule has 2 amide bonds. The second-order valence-electron chi connectivity index (χ2n) is 6.40. The molecular formula is C14H22N4O2. The van der Waals surface area contributed by atoms with E-state index in [0.29, 0.717) is 13.0 Å². The summed E-state index contributed by atoms with van der Waals surface area (Å²) in [7, 11) is 1.86. The first-order valence-corrected chi connectivity index (χ1v) is 6.83. The highest BCUT2D eigenvalue weighted by Crippen LogP contribution is 2.23. The molecule has 6 heteroatoms. The second kappa shape index (κ2) is 5.26. The van der Waals surface area contributed by atoms with Crippen LogP contribution in [-0.2, 0) is 23.1 Å². The van der Waals surface area contributed by atoms with Crippen molar-refractivity contribution < 1.29 is 9.59 Å². The first-order chi connectivity index (χ1) is 9.27. The SMILES string of the molecule is Cn1cc(CCN2CC(=O)NC(C(C)(C)C)C2=O)cn1. The van der Waals surface area contributed by atoms with Crippen LogP contribution in [0, 0.1) is 5.41 Å². The van der Waals surface area contributed by atoms with Crippen LogP contribution in [0.4, 0.5) is 0 Å². The lowest BCUT2D eigenvalue weighted by atomic mass is 9.84. The Morgan fingerprint density at radius 2 is 2.10 bits per heavy atom. The topological polar surface area (TPSA) is 67.2 Å². The maximum atomic E-state index is 12.4. The van der Waals surface area contributed by atoms with Gasteiger partial charge in [-0.2, -0.15) is 5.10 Å². The lowest BCUT2D eigenvalue weighted by Crippen LogP contribution is -2.62. The van der Waals surface area contributed by atoms with Crippen molar-refractivity contribution >= 4 is 11.8 Å². The highest BCUT2D eigenvalue weighted by atomic mass is 16.2. The summed E-state index contributed by atoms with van der Waals surface area (Å²) >= 11 is 0. The average Bonchev–Trinajstić information content (AvgIpc) is 2.74. The molecule has 110 valence electrons. The Kier molecular flexibility index (Phi) is 3.83. The van der Waals surface area contributed by atoms with Crippen LogP contribution in [0.15, 0.2) is 12.4 Å². The fourth-order valence-electron chi connectivity index (χ4n) is 2.34. The van der Waals surface area contributed by atoms with Crippen LogP contribution >= 0.6 is 0 Å². The molecule has 1 aromatic rings. The van der Waals surface area contributed by atoms with E-state index in [1.165, 1.54) is 0 Å². The van der Waals surface area contributed by atoms with Crippen molar-refractivity contribution in [3.8, 4) is 0 Å². The lowest BCUT2D eigenvalue weighted by molar-refractivity contribution is -0.147. The molecule has 1 fully saturated rings. The van der Waals surface area contributed by atoms with Crippen molar-refractivity contribution in [2.24, 2.45) is 12.5 Å². The summed E-state index contributed by atoms with van der Waals surface area (Å²) in [6.07, 6.45) is 4.43. The van der Waals surface area contributed by atoms with Gasteiger partial charge in [0, 0.05) is 19.8 Å². The van der Waals surface area contributed by atoms with E-state index >= 15 is 0 Å². The Balaban J connectivity index is 2.03. The van der Waals surface area contributed by atoms with Gasteiger partial charge in [0.1, 0.15) is 6.04 Å². The predicted molar refractivity (Wildman–Crippen MR) is 74.9 cm³/mol. The minimum atomic E-state index is -0.447. The van der Waals surface area contributed by atoms with Crippen LogP contribution < -0.4 is 5.32 Å². The maximum absolute atomic E-state index is 12.4. The van der Waals surface area contributed by atoms with Gasteiger partial charge in [0.2, 0.25) is 11.8 Å². The van der Waals surface area contributed by atoms with Gasteiger partial charge in [0.15, 0.2) is 0 Å². The number of nitrogens with zero attached hydrogens (tertiary/aromatic N) is 3. The van der Waals surface area contributed by atoms with Crippen molar-refractivity contribution in [3.63, 3.8) is 0 Å². The van der Waals surface area contributed by atoms with Crippen molar-refractivity contribution in [1.29, 1.82) is 0 Å². The van der Waals surface area contributed by atoms with Crippen molar-refractivity contribution in [2.75, 3.05) is 13.1 Å². The number of piperazine rings is 1. The number of carbonyl (C=O) groups is 2. The minimum absolute atomic E-state index is 0.000917. The molecule has 2 heterocycles. The molecular weight excluding hydrogens is 256 g/mol. The normalized spacial score (nSPS) is 20.2. The molecule has 2 rings (SSSR count). The van der Waals surface area contributed by atoms with Crippen LogP contribution in [0.2, 0.25) is 0 Å². The quantitative estimate of drug-likeness (QED) is 0.866. The van der Waals surface area contributed by atoms with Gasteiger partial charge in [0.05, 0.1) is 12.7 Å². The first kappa shape index (κ1) is 14.6. The molecule has 1 saturated heterocycles. The molecule has 1 aliphatic rings. The maximum Gasteiger partial charge on any atom is 0.246 e. The summed E-state index contributed by atoms with van der Waals surface area (Å²) in [5.41, 5.74) is 0.790. The van der Waals surface area contributed by atoms with Crippen LogP contribution in [-0.4, -0.2) is 45.6 Å². The number of hydrogen-bond acceptors (Lipinski definition) is 3. The molecule has 1 N–H and O–H groups in total. The van der Waals surface area contributed by atoms with E-state index in [-0.39, 0.29) is 23.8 Å². The fraction of sp³-hybridized carbons (Fsp3) is 0.643. The van der Waals surface area contributed by atoms with E-state index < -0.39 is 6.04 Å². The molecule has 0 spiro atoms. The fourth-order valence-corrected chi connectivity index (χ4v) is 2.34. The molecule has 0 saturated carbocycles. The number of aromatic nitrogens is 2. The molecule has 0 bridgehead atoms. The van der Waals surface area contributed by atoms with E-state index in [0.717, 1.165) is 5.56 Å². The number of rotatable bonds is 3. The van der Waals surface area contributed by atoms with E-state index in [9.17, 15) is 9.59 Å². The zero-order chi connectivity index (χ0) is 14.9. The zero-order valence-corrected chi connectivity index (χ0v) is 12.5. The largest absolute Gasteiger partial charge is 0.342 e. The summed E-state index contributed by atoms with van der Waals surface area (Å²) in [4.78, 5) is 25.8. The Hall–Kier alpha value is -1.85. The van der Waals surface area contributed by atoms with E-state index in [2.05, 4.69) is 10.4 Å². The van der Waals surface area contributed by atoms with Crippen LogP contribution in [0.5, 0.6) is 0 Å². The zero-order valence-electron chi connectivity index (χ0n) is 12.5. The number of aryl methyl sites for hydroxylation is 1. The number of amides is 2. The van der Waals surface area contributed by atoms with Gasteiger partial charge < -0.3 is 10.2 Å². The highest BCUT2D eigenvalue weighted by Gasteiger charge is 2.39. The van der Waals surface area contributed by atoms with Crippen molar-refractivity contribution in [3.05, 3.63) is 18.0 Å². The number of nitrogens with one attached hydrogen (secondary N) is 1. The standard InChI is InChI=1S/C14H22N4O2/c1-14(2,3)12-13(20)18(9-11(19)16-12)6-5-10-7-15-17(4)8-10/h7-8,12H,5-6,9H2,1-4H3,(H,16,19). The first-order valence-electron chi connectivity index (χ1n) is 6.83. The average molecular weight is 278 g/mol. The van der Waals surface area contributed by atoms with E-state index in [1.54, 1.807) is 15.8 Å². The van der Waals surface area contributed by atoms with Crippen LogP contribution in [0.1, 0.15) is 26.3 Å². The molecule has 1 aromatic heterocycles. The molecule has 0 aromatic carbocycles. The van der Waals surface area contributed by atoms with Gasteiger partial charge in [-0.25, -0.2) is 0 Å². The van der Waals surface area contributed by atoms with Gasteiger partial charge in [0.25, 0.3) is 0 Å². The second-order valence-corrected chi connectivity index (χ2v) is 6.40. The van der Waals surface area contributed by atoms with Gasteiger partial charge in [-0.15, -0.1) is 0 Å². The molecule has 20 heavy (non-hydrogen) atoms. The third kappa shape index (κ3) is 3.18. The van der Waals surface area contributed by atoms with Gasteiger partial charge in [-0.05, 0) is 17.4 Å². The van der Waals surface area contributed by atoms with E-state index in [1.807, 2.05) is 34.0 Å². The van der Waals surface area contributed by atoms with Crippen LogP contribution in [0.25, 0.3) is 0 Å². The Morgan fingerprint density at radius 3 is 2.65 bits per heavy atom. The summed E-state index contributed by atoms with van der Waals surface area (Å²) in [5.74, 6) is -0.0864. The van der Waals surface area contributed by atoms with Gasteiger partial charge in [-0.3, -0.25) is 14.3 Å². The van der Waals surface area contributed by atoms with Gasteiger partial charge >= 0.3 is 0 Å². The third-order valence-corrected chi connectivity index (χ3v) is 3.49. The monoisotopic (exact) mass is 278 g/mol.